The standard InChI is InChI=1S/C19H34/c1-14-7-6-8-16-18(14,4)10-9-15-13-17(2,3)11-12-19(15,16)5/h14-16H,6-13H2,1-5H3. The molecule has 0 aromatic carbocycles. The van der Waals surface area contributed by atoms with E-state index >= 15 is 0 Å². The lowest BCUT2D eigenvalue weighted by atomic mass is 9.41. The first kappa shape index (κ1) is 14.0. The molecule has 0 nitrogen and oxygen atoms in total. The van der Waals surface area contributed by atoms with Gasteiger partial charge in [-0.05, 0) is 72.5 Å². The van der Waals surface area contributed by atoms with Gasteiger partial charge in [0.05, 0.1) is 0 Å². The summed E-state index contributed by atoms with van der Waals surface area (Å²) in [5.74, 6) is 2.98. The van der Waals surface area contributed by atoms with Crippen molar-refractivity contribution < 1.29 is 0 Å². The summed E-state index contributed by atoms with van der Waals surface area (Å²) in [5, 5.41) is 0. The fourth-order valence-corrected chi connectivity index (χ4v) is 6.32. The minimum atomic E-state index is 0.609. The smallest absolute Gasteiger partial charge is 0.0264 e. The second-order valence-corrected chi connectivity index (χ2v) is 9.50. The second kappa shape index (κ2) is 4.25. The van der Waals surface area contributed by atoms with Crippen LogP contribution in [0.3, 0.4) is 0 Å². The monoisotopic (exact) mass is 262 g/mol. The highest BCUT2D eigenvalue weighted by Gasteiger charge is 2.57. The Kier molecular flexibility index (Phi) is 3.12. The summed E-state index contributed by atoms with van der Waals surface area (Å²) >= 11 is 0. The fraction of sp³-hybridized carbons (Fsp3) is 1.00. The van der Waals surface area contributed by atoms with E-state index in [1.807, 2.05) is 0 Å². The molecule has 110 valence electrons. The molecule has 3 saturated carbocycles. The van der Waals surface area contributed by atoms with Gasteiger partial charge in [-0.2, -0.15) is 0 Å². The molecule has 0 radical (unpaired) electrons. The molecule has 3 aliphatic carbocycles. The van der Waals surface area contributed by atoms with Crippen molar-refractivity contribution in [3.8, 4) is 0 Å². The molecule has 19 heavy (non-hydrogen) atoms. The maximum atomic E-state index is 2.67. The Bertz CT molecular complexity index is 355. The summed E-state index contributed by atoms with van der Waals surface area (Å²) < 4.78 is 0. The molecule has 0 aliphatic heterocycles. The van der Waals surface area contributed by atoms with Gasteiger partial charge in [0.15, 0.2) is 0 Å². The predicted octanol–water partition coefficient (Wildman–Crippen LogP) is 6.06. The average Bonchev–Trinajstić information content (AvgIpc) is 2.33. The zero-order chi connectivity index (χ0) is 13.9. The van der Waals surface area contributed by atoms with E-state index in [0.717, 1.165) is 17.8 Å². The molecule has 5 atom stereocenters. The maximum absolute atomic E-state index is 2.67. The number of fused-ring (bicyclic) bond motifs is 3. The molecular weight excluding hydrogens is 228 g/mol. The molecule has 0 aromatic rings. The van der Waals surface area contributed by atoms with E-state index in [-0.39, 0.29) is 0 Å². The van der Waals surface area contributed by atoms with Crippen LogP contribution in [0.4, 0.5) is 0 Å². The zero-order valence-electron chi connectivity index (χ0n) is 13.9. The molecule has 0 N–H and O–H groups in total. The zero-order valence-corrected chi connectivity index (χ0v) is 13.9. The molecule has 0 heterocycles. The summed E-state index contributed by atoms with van der Waals surface area (Å²) in [4.78, 5) is 0. The third-order valence-corrected chi connectivity index (χ3v) is 7.95. The third-order valence-electron chi connectivity index (χ3n) is 7.95. The Morgan fingerprint density at radius 3 is 2.26 bits per heavy atom. The van der Waals surface area contributed by atoms with Gasteiger partial charge in [0.25, 0.3) is 0 Å². The third kappa shape index (κ3) is 2.00. The molecule has 0 heteroatoms. The Morgan fingerprint density at radius 1 is 0.789 bits per heavy atom. The summed E-state index contributed by atoms with van der Waals surface area (Å²) in [6.07, 6.45) is 12.0. The van der Waals surface area contributed by atoms with E-state index in [4.69, 9.17) is 0 Å². The van der Waals surface area contributed by atoms with Crippen LogP contribution in [0.1, 0.15) is 86.0 Å². The minimum Gasteiger partial charge on any atom is -0.0620 e. The Labute approximate surface area is 120 Å². The van der Waals surface area contributed by atoms with Crippen LogP contribution in [0.5, 0.6) is 0 Å². The van der Waals surface area contributed by atoms with Crippen molar-refractivity contribution in [2.75, 3.05) is 0 Å². The summed E-state index contributed by atoms with van der Waals surface area (Å²) in [7, 11) is 0. The van der Waals surface area contributed by atoms with Crippen LogP contribution < -0.4 is 0 Å². The molecular formula is C19H34. The molecule has 0 bridgehead atoms. The van der Waals surface area contributed by atoms with Crippen LogP contribution in [-0.4, -0.2) is 0 Å². The van der Waals surface area contributed by atoms with Gasteiger partial charge >= 0.3 is 0 Å². The van der Waals surface area contributed by atoms with E-state index < -0.39 is 0 Å². The van der Waals surface area contributed by atoms with Gasteiger partial charge in [-0.25, -0.2) is 0 Å². The first-order chi connectivity index (χ1) is 8.78. The van der Waals surface area contributed by atoms with Crippen LogP contribution in [0.15, 0.2) is 0 Å². The largest absolute Gasteiger partial charge is 0.0620 e. The van der Waals surface area contributed by atoms with Crippen LogP contribution >= 0.6 is 0 Å². The highest BCUT2D eigenvalue weighted by atomic mass is 14.6. The molecule has 0 amide bonds. The molecule has 3 rings (SSSR count). The van der Waals surface area contributed by atoms with Gasteiger partial charge in [0.2, 0.25) is 0 Å². The van der Waals surface area contributed by atoms with Gasteiger partial charge in [-0.15, -0.1) is 0 Å². The summed E-state index contributed by atoms with van der Waals surface area (Å²) in [6.45, 7) is 12.9. The van der Waals surface area contributed by atoms with Crippen molar-refractivity contribution >= 4 is 0 Å². The van der Waals surface area contributed by atoms with E-state index in [1.165, 1.54) is 51.4 Å². The lowest BCUT2D eigenvalue weighted by Crippen LogP contribution is -2.55. The number of hydrogen-bond donors (Lipinski definition) is 0. The van der Waals surface area contributed by atoms with Crippen LogP contribution in [0.25, 0.3) is 0 Å². The Hall–Kier alpha value is 0. The fourth-order valence-electron chi connectivity index (χ4n) is 6.32. The molecule has 0 saturated heterocycles. The molecule has 3 aliphatic rings. The van der Waals surface area contributed by atoms with E-state index in [1.54, 1.807) is 0 Å². The highest BCUT2D eigenvalue weighted by Crippen LogP contribution is 2.66. The van der Waals surface area contributed by atoms with Gasteiger partial charge in [0, 0.05) is 0 Å². The second-order valence-electron chi connectivity index (χ2n) is 9.50. The van der Waals surface area contributed by atoms with Gasteiger partial charge < -0.3 is 0 Å². The quantitative estimate of drug-likeness (QED) is 0.498. The topological polar surface area (TPSA) is 0 Å². The van der Waals surface area contributed by atoms with Gasteiger partial charge in [0.1, 0.15) is 0 Å². The maximum Gasteiger partial charge on any atom is -0.0264 e. The van der Waals surface area contributed by atoms with Crippen molar-refractivity contribution in [2.45, 2.75) is 86.0 Å². The van der Waals surface area contributed by atoms with Crippen molar-refractivity contribution in [2.24, 2.45) is 34.0 Å². The number of rotatable bonds is 0. The Morgan fingerprint density at radius 2 is 1.53 bits per heavy atom. The molecule has 5 unspecified atom stereocenters. The minimum absolute atomic E-state index is 0.609. The van der Waals surface area contributed by atoms with Crippen molar-refractivity contribution in [3.63, 3.8) is 0 Å². The first-order valence-corrected chi connectivity index (χ1v) is 8.78. The first-order valence-electron chi connectivity index (χ1n) is 8.78. The van der Waals surface area contributed by atoms with Gasteiger partial charge in [-0.1, -0.05) is 47.5 Å². The van der Waals surface area contributed by atoms with E-state index in [2.05, 4.69) is 34.6 Å². The normalized spacial score (nSPS) is 53.2. The van der Waals surface area contributed by atoms with E-state index in [0.29, 0.717) is 16.2 Å². The summed E-state index contributed by atoms with van der Waals surface area (Å²) in [6, 6.07) is 0. The van der Waals surface area contributed by atoms with Crippen LogP contribution in [0, 0.1) is 34.0 Å². The van der Waals surface area contributed by atoms with Crippen molar-refractivity contribution in [3.05, 3.63) is 0 Å². The van der Waals surface area contributed by atoms with Crippen LogP contribution in [-0.2, 0) is 0 Å². The lowest BCUT2D eigenvalue weighted by Gasteiger charge is -2.63. The SMILES string of the molecule is CC1CCCC2C1(C)CCC1CC(C)(C)CCC12C. The number of hydrogen-bond acceptors (Lipinski definition) is 0. The van der Waals surface area contributed by atoms with Crippen molar-refractivity contribution in [1.82, 2.24) is 0 Å². The lowest BCUT2D eigenvalue weighted by molar-refractivity contribution is -0.141. The molecule has 0 spiro atoms. The highest BCUT2D eigenvalue weighted by molar-refractivity contribution is 5.07. The molecule has 0 aromatic heterocycles. The van der Waals surface area contributed by atoms with E-state index in [9.17, 15) is 0 Å². The Balaban J connectivity index is 1.91. The average molecular weight is 262 g/mol. The van der Waals surface area contributed by atoms with Gasteiger partial charge in [-0.3, -0.25) is 0 Å². The van der Waals surface area contributed by atoms with Crippen molar-refractivity contribution in [1.29, 1.82) is 0 Å². The van der Waals surface area contributed by atoms with Crippen LogP contribution in [0.2, 0.25) is 0 Å². The predicted molar refractivity (Wildman–Crippen MR) is 83.1 cm³/mol. The molecule has 3 fully saturated rings. The summed E-state index contributed by atoms with van der Waals surface area (Å²) in [5.41, 5.74) is 1.93.